The Morgan fingerprint density at radius 3 is 2.56 bits per heavy atom. The lowest BCUT2D eigenvalue weighted by Gasteiger charge is -2.09. The fraction of sp³-hybridized carbons (Fsp3) is 0.357. The molecule has 4 heteroatoms. The number of halogens is 1. The maximum Gasteiger partial charge on any atom is 0.226 e. The molecule has 0 amide bonds. The Morgan fingerprint density at radius 1 is 1.33 bits per heavy atom. The molecule has 0 aliphatic rings. The number of nitrogens with one attached hydrogen (secondary N) is 1. The van der Waals surface area contributed by atoms with Crippen LogP contribution in [0.2, 0.25) is 0 Å². The van der Waals surface area contributed by atoms with E-state index in [-0.39, 0.29) is 10.7 Å². The van der Waals surface area contributed by atoms with Gasteiger partial charge in [0.2, 0.25) is 5.12 Å². The van der Waals surface area contributed by atoms with E-state index in [0.717, 1.165) is 35.2 Å². The van der Waals surface area contributed by atoms with E-state index in [4.69, 9.17) is 0 Å². The molecule has 1 N–H and O–H groups in total. The third kappa shape index (κ3) is 4.27. The van der Waals surface area contributed by atoms with Gasteiger partial charge in [0.15, 0.2) is 0 Å². The molecule has 0 heterocycles. The second kappa shape index (κ2) is 7.34. The molecule has 18 heavy (non-hydrogen) atoms. The van der Waals surface area contributed by atoms with Gasteiger partial charge in [0.05, 0.1) is 5.56 Å². The van der Waals surface area contributed by atoms with E-state index < -0.39 is 5.82 Å². The van der Waals surface area contributed by atoms with Gasteiger partial charge in [-0.3, -0.25) is 4.79 Å². The molecule has 2 nitrogen and oxygen atoms in total. The molecule has 0 aliphatic carbocycles. The van der Waals surface area contributed by atoms with Crippen molar-refractivity contribution in [3.8, 4) is 0 Å². The molecule has 0 saturated carbocycles. The van der Waals surface area contributed by atoms with Crippen LogP contribution < -0.4 is 5.32 Å². The van der Waals surface area contributed by atoms with Crippen LogP contribution in [0.5, 0.6) is 0 Å². The van der Waals surface area contributed by atoms with E-state index >= 15 is 0 Å². The molecule has 0 atom stereocenters. The van der Waals surface area contributed by atoms with E-state index in [1.165, 1.54) is 12.1 Å². The van der Waals surface area contributed by atoms with E-state index in [2.05, 4.69) is 5.32 Å². The molecule has 0 aromatic heterocycles. The third-order valence-corrected chi connectivity index (χ3v) is 3.73. The van der Waals surface area contributed by atoms with Crippen molar-refractivity contribution < 1.29 is 9.18 Å². The number of rotatable bonds is 5. The predicted molar refractivity (Wildman–Crippen MR) is 75.2 cm³/mol. The Bertz CT molecular complexity index is 453. The quantitative estimate of drug-likeness (QED) is 0.883. The molecule has 98 valence electrons. The zero-order valence-electron chi connectivity index (χ0n) is 10.9. The maximum atomic E-state index is 13.5. The van der Waals surface area contributed by atoms with Crippen LogP contribution in [0, 0.1) is 5.82 Å². The first-order valence-electron chi connectivity index (χ1n) is 5.84. The Labute approximate surface area is 112 Å². The smallest absolute Gasteiger partial charge is 0.226 e. The van der Waals surface area contributed by atoms with Crippen molar-refractivity contribution in [2.75, 3.05) is 13.6 Å². The fourth-order valence-electron chi connectivity index (χ4n) is 1.44. The van der Waals surface area contributed by atoms with E-state index in [0.29, 0.717) is 0 Å². The van der Waals surface area contributed by atoms with Crippen LogP contribution in [-0.2, 0) is 0 Å². The van der Waals surface area contributed by atoms with Gasteiger partial charge in [0, 0.05) is 0 Å². The summed E-state index contributed by atoms with van der Waals surface area (Å²) in [7, 11) is 1.87. The lowest BCUT2D eigenvalue weighted by Crippen LogP contribution is -2.09. The van der Waals surface area contributed by atoms with Crippen LogP contribution in [0.15, 0.2) is 34.7 Å². The first-order valence-corrected chi connectivity index (χ1v) is 6.65. The molecule has 0 saturated heterocycles. The minimum atomic E-state index is -0.461. The van der Waals surface area contributed by atoms with Gasteiger partial charge in [-0.1, -0.05) is 29.5 Å². The number of benzene rings is 1. The van der Waals surface area contributed by atoms with E-state index in [1.807, 2.05) is 20.9 Å². The first kappa shape index (κ1) is 14.9. The van der Waals surface area contributed by atoms with Crippen LogP contribution >= 0.6 is 11.8 Å². The SMILES string of the molecule is CNCCC(SC(=O)c1ccccc1F)=C(C)C. The average molecular weight is 267 g/mol. The standard InChI is InChI=1S/C14H18FNOS/c1-10(2)13(8-9-16-3)18-14(17)11-6-4-5-7-12(11)15/h4-7,16H,8-9H2,1-3H3. The van der Waals surface area contributed by atoms with Gasteiger partial charge in [-0.2, -0.15) is 0 Å². The third-order valence-electron chi connectivity index (χ3n) is 2.47. The molecule has 0 spiro atoms. The minimum Gasteiger partial charge on any atom is -0.319 e. The summed E-state index contributed by atoms with van der Waals surface area (Å²) in [6.07, 6.45) is 0.781. The number of hydrogen-bond donors (Lipinski definition) is 1. The molecule has 0 aliphatic heterocycles. The summed E-state index contributed by atoms with van der Waals surface area (Å²) in [5.41, 5.74) is 1.24. The second-order valence-electron chi connectivity index (χ2n) is 4.15. The molecule has 1 aromatic rings. The molecular weight excluding hydrogens is 249 g/mol. The van der Waals surface area contributed by atoms with Crippen molar-refractivity contribution in [1.29, 1.82) is 0 Å². The predicted octanol–water partition coefficient (Wildman–Crippen LogP) is 3.60. The minimum absolute atomic E-state index is 0.144. The summed E-state index contributed by atoms with van der Waals surface area (Å²) in [4.78, 5) is 13.0. The van der Waals surface area contributed by atoms with Gasteiger partial charge in [0.25, 0.3) is 0 Å². The highest BCUT2D eigenvalue weighted by Gasteiger charge is 2.14. The summed E-state index contributed by atoms with van der Waals surface area (Å²) >= 11 is 1.12. The number of carbonyl (C=O) groups is 1. The number of hydrogen-bond acceptors (Lipinski definition) is 3. The van der Waals surface area contributed by atoms with Crippen LogP contribution in [0.4, 0.5) is 4.39 Å². The molecule has 0 unspecified atom stereocenters. The second-order valence-corrected chi connectivity index (χ2v) is 5.21. The van der Waals surface area contributed by atoms with Crippen molar-refractivity contribution in [2.45, 2.75) is 20.3 Å². The maximum absolute atomic E-state index is 13.5. The molecule has 0 fully saturated rings. The highest BCUT2D eigenvalue weighted by Crippen LogP contribution is 2.27. The molecule has 1 aromatic carbocycles. The lowest BCUT2D eigenvalue weighted by molar-refractivity contribution is 0.108. The summed E-state index contributed by atoms with van der Waals surface area (Å²) < 4.78 is 13.5. The van der Waals surface area contributed by atoms with Gasteiger partial charge in [-0.25, -0.2) is 4.39 Å². The Kier molecular flexibility index (Phi) is 6.09. The molecule has 0 bridgehead atoms. The van der Waals surface area contributed by atoms with E-state index in [1.54, 1.807) is 12.1 Å². The Hall–Kier alpha value is -1.13. The highest BCUT2D eigenvalue weighted by atomic mass is 32.2. The first-order chi connectivity index (χ1) is 8.56. The number of allylic oxidation sites excluding steroid dienone is 1. The zero-order chi connectivity index (χ0) is 13.5. The van der Waals surface area contributed by atoms with Gasteiger partial charge in [0.1, 0.15) is 5.82 Å². The van der Waals surface area contributed by atoms with Gasteiger partial charge in [-0.05, 0) is 50.9 Å². The average Bonchev–Trinajstić information content (AvgIpc) is 2.34. The number of carbonyl (C=O) groups excluding carboxylic acids is 1. The summed E-state index contributed by atoms with van der Waals surface area (Å²) in [6, 6.07) is 6.08. The normalized spacial score (nSPS) is 10.2. The van der Waals surface area contributed by atoms with E-state index in [9.17, 15) is 9.18 Å². The molecule has 1 rings (SSSR count). The zero-order valence-corrected chi connectivity index (χ0v) is 11.7. The van der Waals surface area contributed by atoms with Crippen molar-refractivity contribution in [3.05, 3.63) is 46.1 Å². The summed E-state index contributed by atoms with van der Waals surface area (Å²) in [5.74, 6) is -0.461. The topological polar surface area (TPSA) is 29.1 Å². The van der Waals surface area contributed by atoms with Crippen LogP contribution in [0.1, 0.15) is 30.6 Å². The largest absolute Gasteiger partial charge is 0.319 e. The monoisotopic (exact) mass is 267 g/mol. The highest BCUT2D eigenvalue weighted by molar-refractivity contribution is 8.17. The Balaban J connectivity index is 2.80. The van der Waals surface area contributed by atoms with Crippen LogP contribution in [0.25, 0.3) is 0 Å². The summed E-state index contributed by atoms with van der Waals surface area (Å²) in [6.45, 7) is 4.73. The van der Waals surface area contributed by atoms with Crippen molar-refractivity contribution in [2.24, 2.45) is 0 Å². The van der Waals surface area contributed by atoms with Gasteiger partial charge in [-0.15, -0.1) is 0 Å². The van der Waals surface area contributed by atoms with Crippen molar-refractivity contribution in [3.63, 3.8) is 0 Å². The Morgan fingerprint density at radius 2 is 2.00 bits per heavy atom. The van der Waals surface area contributed by atoms with Crippen LogP contribution in [-0.4, -0.2) is 18.7 Å². The fourth-order valence-corrected chi connectivity index (χ4v) is 2.34. The van der Waals surface area contributed by atoms with Crippen molar-refractivity contribution >= 4 is 16.9 Å². The van der Waals surface area contributed by atoms with Gasteiger partial charge >= 0.3 is 0 Å². The number of thioether (sulfide) groups is 1. The van der Waals surface area contributed by atoms with Crippen molar-refractivity contribution in [1.82, 2.24) is 5.32 Å². The van der Waals surface area contributed by atoms with Crippen LogP contribution in [0.3, 0.4) is 0 Å². The lowest BCUT2D eigenvalue weighted by atomic mass is 10.2. The molecular formula is C14H18FNOS. The van der Waals surface area contributed by atoms with Gasteiger partial charge < -0.3 is 5.32 Å². The summed E-state index contributed by atoms with van der Waals surface area (Å²) in [5, 5.41) is 2.81. The molecule has 0 radical (unpaired) electrons.